The number of benzene rings is 1. The first-order valence-corrected chi connectivity index (χ1v) is 9.24. The number of ether oxygens (including phenoxy) is 4. The van der Waals surface area contributed by atoms with E-state index in [1.165, 1.54) is 26.2 Å². The average molecular weight is 432 g/mol. The van der Waals surface area contributed by atoms with Crippen LogP contribution in [0.2, 0.25) is 0 Å². The number of carbonyl (C=O) groups excluding carboxylic acids is 1. The van der Waals surface area contributed by atoms with Gasteiger partial charge in [0.1, 0.15) is 48.5 Å². The topological polar surface area (TPSA) is 175 Å². The summed E-state index contributed by atoms with van der Waals surface area (Å²) in [6.07, 6.45) is -9.17. The van der Waals surface area contributed by atoms with Crippen molar-refractivity contribution >= 4 is 5.97 Å². The Labute approximate surface area is 173 Å². The molecule has 0 bridgehead atoms. The number of rotatable bonds is 9. The molecule has 1 aliphatic rings. The van der Waals surface area contributed by atoms with Crippen LogP contribution in [0.4, 0.5) is 0 Å². The zero-order valence-electron chi connectivity index (χ0n) is 16.6. The monoisotopic (exact) mass is 432 g/mol. The molecule has 11 heteroatoms. The van der Waals surface area contributed by atoms with Crippen LogP contribution in [0.3, 0.4) is 0 Å². The number of carbonyl (C=O) groups is 1. The van der Waals surface area contributed by atoms with E-state index in [1.54, 1.807) is 12.1 Å². The summed E-state index contributed by atoms with van der Waals surface area (Å²) < 4.78 is 20.7. The molecular formula is C19H28O11. The zero-order valence-corrected chi connectivity index (χ0v) is 16.6. The summed E-state index contributed by atoms with van der Waals surface area (Å²) in [7, 11) is 1.48. The van der Waals surface area contributed by atoms with Crippen molar-refractivity contribution in [2.24, 2.45) is 0 Å². The molecule has 7 atom stereocenters. The molecule has 0 aliphatic carbocycles. The molecule has 6 N–H and O–H groups in total. The Balaban J connectivity index is 1.97. The molecule has 2 rings (SSSR count). The first-order valence-electron chi connectivity index (χ1n) is 9.24. The number of hydrogen-bond acceptors (Lipinski definition) is 11. The van der Waals surface area contributed by atoms with Gasteiger partial charge in [0.2, 0.25) is 0 Å². The van der Waals surface area contributed by atoms with Crippen LogP contribution in [-0.4, -0.2) is 106 Å². The van der Waals surface area contributed by atoms with Gasteiger partial charge in [0.05, 0.1) is 25.9 Å². The van der Waals surface area contributed by atoms with E-state index in [2.05, 4.69) is 0 Å². The Morgan fingerprint density at radius 3 is 2.37 bits per heavy atom. The van der Waals surface area contributed by atoms with Gasteiger partial charge in [-0.15, -0.1) is 0 Å². The zero-order chi connectivity index (χ0) is 22.5. The van der Waals surface area contributed by atoms with Crippen molar-refractivity contribution in [3.63, 3.8) is 0 Å². The fourth-order valence-corrected chi connectivity index (χ4v) is 2.70. The van der Waals surface area contributed by atoms with Gasteiger partial charge < -0.3 is 49.6 Å². The molecule has 1 heterocycles. The van der Waals surface area contributed by atoms with Gasteiger partial charge in [0.15, 0.2) is 6.29 Å². The Hall–Kier alpha value is -1.83. The summed E-state index contributed by atoms with van der Waals surface area (Å²) in [5, 5.41) is 58.8. The standard InChI is InChI=1S/C19H28O11/c1-19(26,13(21)7-20)9-29-18-16(24)15(23)14(22)12(30-18)8-28-17(25)10-3-5-11(27-2)6-4-10/h3-6,12-16,18,20-24,26H,7-9H2,1-2H3/t12-,13-,14-,15-,16-,18-,19+/m1/s1. The van der Waals surface area contributed by atoms with Crippen LogP contribution >= 0.6 is 0 Å². The van der Waals surface area contributed by atoms with Crippen molar-refractivity contribution in [2.75, 3.05) is 26.9 Å². The molecule has 170 valence electrons. The number of esters is 1. The summed E-state index contributed by atoms with van der Waals surface area (Å²) in [6.45, 7) is -0.541. The maximum atomic E-state index is 12.2. The third kappa shape index (κ3) is 5.86. The summed E-state index contributed by atoms with van der Waals surface area (Å²) >= 11 is 0. The number of aliphatic hydroxyl groups is 6. The third-order valence-electron chi connectivity index (χ3n) is 4.80. The van der Waals surface area contributed by atoms with E-state index in [9.17, 15) is 30.3 Å². The predicted molar refractivity (Wildman–Crippen MR) is 99.6 cm³/mol. The highest BCUT2D eigenvalue weighted by atomic mass is 16.7. The Morgan fingerprint density at radius 1 is 1.17 bits per heavy atom. The lowest BCUT2D eigenvalue weighted by Gasteiger charge is -2.41. The fourth-order valence-electron chi connectivity index (χ4n) is 2.70. The minimum absolute atomic E-state index is 0.225. The second kappa shape index (κ2) is 10.5. The second-order valence-corrected chi connectivity index (χ2v) is 7.21. The number of hydrogen-bond donors (Lipinski definition) is 6. The lowest BCUT2D eigenvalue weighted by Crippen LogP contribution is -2.60. The van der Waals surface area contributed by atoms with Crippen LogP contribution in [0.25, 0.3) is 0 Å². The van der Waals surface area contributed by atoms with E-state index in [1.807, 2.05) is 0 Å². The van der Waals surface area contributed by atoms with Crippen LogP contribution in [-0.2, 0) is 14.2 Å². The Kier molecular flexibility index (Phi) is 8.52. The van der Waals surface area contributed by atoms with Gasteiger partial charge in [-0.1, -0.05) is 0 Å². The molecule has 1 aliphatic heterocycles. The van der Waals surface area contributed by atoms with Crippen LogP contribution in [0, 0.1) is 0 Å². The van der Waals surface area contributed by atoms with Crippen molar-refractivity contribution in [2.45, 2.75) is 49.3 Å². The first-order chi connectivity index (χ1) is 14.1. The second-order valence-electron chi connectivity index (χ2n) is 7.21. The molecule has 1 aromatic rings. The third-order valence-corrected chi connectivity index (χ3v) is 4.80. The number of aliphatic hydroxyl groups excluding tert-OH is 5. The van der Waals surface area contributed by atoms with Gasteiger partial charge in [-0.25, -0.2) is 4.79 Å². The molecule has 0 amide bonds. The van der Waals surface area contributed by atoms with Gasteiger partial charge in [0.25, 0.3) is 0 Å². The molecule has 11 nitrogen and oxygen atoms in total. The van der Waals surface area contributed by atoms with E-state index in [0.29, 0.717) is 5.75 Å². The SMILES string of the molecule is COc1ccc(C(=O)OC[C@H]2O[C@@H](OC[C@](C)(O)[C@H](O)CO)[C@H](O)[C@H](O)[C@@H]2O)cc1. The van der Waals surface area contributed by atoms with Gasteiger partial charge in [0, 0.05) is 0 Å². The summed E-state index contributed by atoms with van der Waals surface area (Å²) in [5.41, 5.74) is -1.64. The lowest BCUT2D eigenvalue weighted by molar-refractivity contribution is -0.310. The highest BCUT2D eigenvalue weighted by molar-refractivity contribution is 5.89. The van der Waals surface area contributed by atoms with E-state index < -0.39 is 68.2 Å². The molecule has 30 heavy (non-hydrogen) atoms. The summed E-state index contributed by atoms with van der Waals surface area (Å²) in [6, 6.07) is 6.11. The predicted octanol–water partition coefficient (Wildman–Crippen LogP) is -2.22. The number of methoxy groups -OCH3 is 1. The molecule has 1 fully saturated rings. The van der Waals surface area contributed by atoms with Crippen molar-refractivity contribution in [1.29, 1.82) is 0 Å². The van der Waals surface area contributed by atoms with Crippen molar-refractivity contribution in [3.8, 4) is 5.75 Å². The van der Waals surface area contributed by atoms with E-state index >= 15 is 0 Å². The van der Waals surface area contributed by atoms with Crippen LogP contribution in [0.15, 0.2) is 24.3 Å². The molecule has 1 saturated heterocycles. The van der Waals surface area contributed by atoms with Crippen LogP contribution in [0.5, 0.6) is 5.75 Å². The summed E-state index contributed by atoms with van der Waals surface area (Å²) in [4.78, 5) is 12.2. The van der Waals surface area contributed by atoms with Gasteiger partial charge in [-0.05, 0) is 31.2 Å². The van der Waals surface area contributed by atoms with Crippen LogP contribution in [0.1, 0.15) is 17.3 Å². The summed E-state index contributed by atoms with van der Waals surface area (Å²) in [5.74, 6) is -0.155. The highest BCUT2D eigenvalue weighted by Gasteiger charge is 2.45. The van der Waals surface area contributed by atoms with Crippen molar-refractivity contribution in [1.82, 2.24) is 0 Å². The Bertz CT molecular complexity index is 678. The van der Waals surface area contributed by atoms with E-state index in [-0.39, 0.29) is 5.56 Å². The minimum Gasteiger partial charge on any atom is -0.497 e. The molecule has 0 aromatic heterocycles. The minimum atomic E-state index is -1.87. The molecule has 0 spiro atoms. The Morgan fingerprint density at radius 2 is 1.80 bits per heavy atom. The molecular weight excluding hydrogens is 404 g/mol. The van der Waals surface area contributed by atoms with Gasteiger partial charge in [-0.2, -0.15) is 0 Å². The normalized spacial score (nSPS) is 29.7. The maximum absolute atomic E-state index is 12.2. The molecule has 0 saturated carbocycles. The molecule has 1 aromatic carbocycles. The molecule has 0 unspecified atom stereocenters. The highest BCUT2D eigenvalue weighted by Crippen LogP contribution is 2.24. The smallest absolute Gasteiger partial charge is 0.338 e. The fraction of sp³-hybridized carbons (Fsp3) is 0.632. The molecule has 0 radical (unpaired) electrons. The maximum Gasteiger partial charge on any atom is 0.338 e. The van der Waals surface area contributed by atoms with E-state index in [4.69, 9.17) is 24.1 Å². The van der Waals surface area contributed by atoms with Crippen molar-refractivity contribution < 1.29 is 54.4 Å². The lowest BCUT2D eigenvalue weighted by atomic mass is 9.98. The van der Waals surface area contributed by atoms with E-state index in [0.717, 1.165) is 0 Å². The first kappa shape index (κ1) is 24.4. The van der Waals surface area contributed by atoms with Gasteiger partial charge in [-0.3, -0.25) is 0 Å². The van der Waals surface area contributed by atoms with Crippen molar-refractivity contribution in [3.05, 3.63) is 29.8 Å². The van der Waals surface area contributed by atoms with Gasteiger partial charge >= 0.3 is 5.97 Å². The van der Waals surface area contributed by atoms with Crippen LogP contribution < -0.4 is 4.74 Å². The largest absolute Gasteiger partial charge is 0.497 e. The quantitative estimate of drug-likeness (QED) is 0.233. The average Bonchev–Trinajstić information content (AvgIpc) is 2.75.